The topological polar surface area (TPSA) is 50.9 Å². The quantitative estimate of drug-likeness (QED) is 0.844. The van der Waals surface area contributed by atoms with Gasteiger partial charge in [-0.05, 0) is 19.1 Å². The summed E-state index contributed by atoms with van der Waals surface area (Å²) in [6, 6.07) is 3.57. The highest BCUT2D eigenvalue weighted by Gasteiger charge is 2.04. The Labute approximate surface area is 92.1 Å². The van der Waals surface area contributed by atoms with Gasteiger partial charge in [-0.2, -0.15) is 5.10 Å². The van der Waals surface area contributed by atoms with Crippen LogP contribution in [0.2, 0.25) is 5.02 Å². The number of aromatic nitrogens is 3. The summed E-state index contributed by atoms with van der Waals surface area (Å²) in [5.41, 5.74) is 2.22. The molecule has 0 atom stereocenters. The van der Waals surface area contributed by atoms with E-state index in [0.717, 1.165) is 11.4 Å². The first-order valence-electron chi connectivity index (χ1n) is 4.48. The Morgan fingerprint density at radius 3 is 2.93 bits per heavy atom. The van der Waals surface area contributed by atoms with Gasteiger partial charge < -0.3 is 5.11 Å². The highest BCUT2D eigenvalue weighted by molar-refractivity contribution is 6.31. The molecule has 15 heavy (non-hydrogen) atoms. The van der Waals surface area contributed by atoms with Crippen LogP contribution in [-0.2, 0) is 6.61 Å². The first kappa shape index (κ1) is 10.1. The summed E-state index contributed by atoms with van der Waals surface area (Å²) in [6.07, 6.45) is 3.36. The molecular formula is C10H10ClN3O. The normalized spacial score (nSPS) is 10.6. The van der Waals surface area contributed by atoms with E-state index in [1.54, 1.807) is 23.1 Å². The monoisotopic (exact) mass is 223 g/mol. The summed E-state index contributed by atoms with van der Waals surface area (Å²) in [7, 11) is 0. The third kappa shape index (κ3) is 2.00. The van der Waals surface area contributed by atoms with Crippen molar-refractivity contribution in [2.24, 2.45) is 0 Å². The Bertz CT molecular complexity index is 462. The summed E-state index contributed by atoms with van der Waals surface area (Å²) in [6.45, 7) is 1.76. The summed E-state index contributed by atoms with van der Waals surface area (Å²) >= 11 is 5.90. The van der Waals surface area contributed by atoms with Gasteiger partial charge in [-0.1, -0.05) is 11.6 Å². The van der Waals surface area contributed by atoms with Crippen LogP contribution in [0.25, 0.3) is 5.69 Å². The standard InChI is InChI=1S/C10H10ClN3O/c1-7-10(11)5-14(13-7)9-2-3-12-8(4-9)6-15/h2-5,15H,6H2,1H3. The van der Waals surface area contributed by atoms with E-state index in [-0.39, 0.29) is 6.61 Å². The highest BCUT2D eigenvalue weighted by atomic mass is 35.5. The van der Waals surface area contributed by atoms with Crippen LogP contribution < -0.4 is 0 Å². The second-order valence-electron chi connectivity index (χ2n) is 3.17. The number of aryl methyl sites for hydroxylation is 1. The molecule has 0 amide bonds. The maximum Gasteiger partial charge on any atom is 0.0853 e. The van der Waals surface area contributed by atoms with Crippen LogP contribution in [0.3, 0.4) is 0 Å². The van der Waals surface area contributed by atoms with E-state index >= 15 is 0 Å². The molecule has 2 aromatic rings. The molecule has 0 aliphatic heterocycles. The summed E-state index contributed by atoms with van der Waals surface area (Å²) in [5.74, 6) is 0. The van der Waals surface area contributed by atoms with E-state index in [9.17, 15) is 0 Å². The Morgan fingerprint density at radius 1 is 1.53 bits per heavy atom. The number of aliphatic hydroxyl groups excluding tert-OH is 1. The van der Waals surface area contributed by atoms with Gasteiger partial charge in [-0.15, -0.1) is 0 Å². The molecule has 78 valence electrons. The van der Waals surface area contributed by atoms with Gasteiger partial charge in [0.25, 0.3) is 0 Å². The van der Waals surface area contributed by atoms with E-state index < -0.39 is 0 Å². The molecule has 2 rings (SSSR count). The van der Waals surface area contributed by atoms with Gasteiger partial charge in [0.1, 0.15) is 0 Å². The summed E-state index contributed by atoms with van der Waals surface area (Å²) in [4.78, 5) is 3.99. The minimum atomic E-state index is -0.0815. The number of aliphatic hydroxyl groups is 1. The molecule has 0 saturated heterocycles. The van der Waals surface area contributed by atoms with Gasteiger partial charge in [-0.3, -0.25) is 4.98 Å². The zero-order valence-electron chi connectivity index (χ0n) is 8.18. The minimum absolute atomic E-state index is 0.0815. The molecule has 2 heterocycles. The van der Waals surface area contributed by atoms with Crippen LogP contribution in [0.4, 0.5) is 0 Å². The predicted octanol–water partition coefficient (Wildman–Crippen LogP) is 1.72. The molecule has 0 aromatic carbocycles. The molecule has 2 aromatic heterocycles. The van der Waals surface area contributed by atoms with E-state index in [0.29, 0.717) is 10.7 Å². The first-order chi connectivity index (χ1) is 7.20. The van der Waals surface area contributed by atoms with Gasteiger partial charge in [0.15, 0.2) is 0 Å². The second kappa shape index (κ2) is 4.00. The summed E-state index contributed by atoms with van der Waals surface area (Å²) in [5, 5.41) is 13.8. The maximum atomic E-state index is 8.95. The molecule has 4 nitrogen and oxygen atoms in total. The van der Waals surface area contributed by atoms with E-state index in [4.69, 9.17) is 16.7 Å². The van der Waals surface area contributed by atoms with E-state index in [1.165, 1.54) is 0 Å². The maximum absolute atomic E-state index is 8.95. The molecule has 0 saturated carbocycles. The Kier molecular flexibility index (Phi) is 2.70. The zero-order valence-corrected chi connectivity index (χ0v) is 8.94. The van der Waals surface area contributed by atoms with E-state index in [1.807, 2.05) is 13.0 Å². The molecule has 1 N–H and O–H groups in total. The van der Waals surface area contributed by atoms with E-state index in [2.05, 4.69) is 10.1 Å². The average Bonchev–Trinajstić information content (AvgIpc) is 2.59. The molecule has 0 spiro atoms. The van der Waals surface area contributed by atoms with Crippen LogP contribution in [0.15, 0.2) is 24.5 Å². The Balaban J connectivity index is 2.44. The largest absolute Gasteiger partial charge is 0.390 e. The molecule has 0 aliphatic carbocycles. The number of halogens is 1. The summed E-state index contributed by atoms with van der Waals surface area (Å²) < 4.78 is 1.67. The van der Waals surface area contributed by atoms with Crippen LogP contribution in [0.1, 0.15) is 11.4 Å². The number of hydrogen-bond donors (Lipinski definition) is 1. The lowest BCUT2D eigenvalue weighted by molar-refractivity contribution is 0.277. The third-order valence-electron chi connectivity index (χ3n) is 2.07. The second-order valence-corrected chi connectivity index (χ2v) is 3.58. The van der Waals surface area contributed by atoms with Crippen LogP contribution in [0.5, 0.6) is 0 Å². The number of nitrogens with zero attached hydrogens (tertiary/aromatic N) is 3. The fourth-order valence-electron chi connectivity index (χ4n) is 1.27. The fourth-order valence-corrected chi connectivity index (χ4v) is 1.40. The molecule has 0 fully saturated rings. The van der Waals surface area contributed by atoms with Gasteiger partial charge >= 0.3 is 0 Å². The fraction of sp³-hybridized carbons (Fsp3) is 0.200. The molecule has 5 heteroatoms. The van der Waals surface area contributed by atoms with Crippen molar-refractivity contribution >= 4 is 11.6 Å². The van der Waals surface area contributed by atoms with Crippen molar-refractivity contribution in [2.75, 3.05) is 0 Å². The SMILES string of the molecule is Cc1nn(-c2ccnc(CO)c2)cc1Cl. The lowest BCUT2D eigenvalue weighted by atomic mass is 10.3. The van der Waals surface area contributed by atoms with Gasteiger partial charge in [0.05, 0.1) is 28.7 Å². The lowest BCUT2D eigenvalue weighted by Crippen LogP contribution is -1.97. The van der Waals surface area contributed by atoms with Crippen molar-refractivity contribution < 1.29 is 5.11 Å². The van der Waals surface area contributed by atoms with Crippen molar-refractivity contribution in [3.63, 3.8) is 0 Å². The average molecular weight is 224 g/mol. The molecule has 0 bridgehead atoms. The van der Waals surface area contributed by atoms with Crippen molar-refractivity contribution in [2.45, 2.75) is 13.5 Å². The van der Waals surface area contributed by atoms with Gasteiger partial charge in [0.2, 0.25) is 0 Å². The Hall–Kier alpha value is -1.39. The highest BCUT2D eigenvalue weighted by Crippen LogP contribution is 2.16. The van der Waals surface area contributed by atoms with Crippen LogP contribution >= 0.6 is 11.6 Å². The minimum Gasteiger partial charge on any atom is -0.390 e. The molecular weight excluding hydrogens is 214 g/mol. The number of rotatable bonds is 2. The van der Waals surface area contributed by atoms with Crippen molar-refractivity contribution in [1.29, 1.82) is 0 Å². The first-order valence-corrected chi connectivity index (χ1v) is 4.86. The molecule has 0 unspecified atom stereocenters. The smallest absolute Gasteiger partial charge is 0.0853 e. The lowest BCUT2D eigenvalue weighted by Gasteiger charge is -2.01. The van der Waals surface area contributed by atoms with Gasteiger partial charge in [-0.25, -0.2) is 4.68 Å². The van der Waals surface area contributed by atoms with Crippen molar-refractivity contribution in [3.05, 3.63) is 40.9 Å². The van der Waals surface area contributed by atoms with Crippen LogP contribution in [-0.4, -0.2) is 19.9 Å². The van der Waals surface area contributed by atoms with Crippen molar-refractivity contribution in [3.8, 4) is 5.69 Å². The third-order valence-corrected chi connectivity index (χ3v) is 2.44. The molecule has 0 radical (unpaired) electrons. The number of hydrogen-bond acceptors (Lipinski definition) is 3. The van der Waals surface area contributed by atoms with Crippen LogP contribution in [0, 0.1) is 6.92 Å². The predicted molar refractivity (Wildman–Crippen MR) is 57.0 cm³/mol. The number of pyridine rings is 1. The molecule has 0 aliphatic rings. The van der Waals surface area contributed by atoms with Crippen molar-refractivity contribution in [1.82, 2.24) is 14.8 Å². The van der Waals surface area contributed by atoms with Gasteiger partial charge in [0, 0.05) is 12.4 Å². The zero-order chi connectivity index (χ0) is 10.8. The Morgan fingerprint density at radius 2 is 2.33 bits per heavy atom.